The van der Waals surface area contributed by atoms with Crippen LogP contribution in [0.15, 0.2) is 23.2 Å². The van der Waals surface area contributed by atoms with Gasteiger partial charge in [0.1, 0.15) is 16.7 Å². The van der Waals surface area contributed by atoms with Crippen LogP contribution < -0.4 is 0 Å². The van der Waals surface area contributed by atoms with Gasteiger partial charge in [0.15, 0.2) is 0 Å². The number of morpholine rings is 1. The third-order valence-electron chi connectivity index (χ3n) is 3.35. The fourth-order valence-electron chi connectivity index (χ4n) is 2.16. The van der Waals surface area contributed by atoms with Crippen LogP contribution in [0.2, 0.25) is 0 Å². The largest absolute Gasteiger partial charge is 0.375 e. The molecule has 1 saturated heterocycles. The van der Waals surface area contributed by atoms with Crippen molar-refractivity contribution in [2.75, 3.05) is 13.2 Å². The molecular weight excluding hydrogens is 278 g/mol. The van der Waals surface area contributed by atoms with Gasteiger partial charge in [0.2, 0.25) is 10.0 Å². The van der Waals surface area contributed by atoms with Crippen LogP contribution >= 0.6 is 0 Å². The van der Waals surface area contributed by atoms with E-state index in [0.717, 1.165) is 0 Å². The van der Waals surface area contributed by atoms with Crippen LogP contribution in [-0.4, -0.2) is 43.0 Å². The summed E-state index contributed by atoms with van der Waals surface area (Å²) in [6.07, 6.45) is 1.80. The normalized spacial score (nSPS) is 24.2. The Morgan fingerprint density at radius 1 is 1.55 bits per heavy atom. The van der Waals surface area contributed by atoms with Crippen molar-refractivity contribution in [2.45, 2.75) is 37.3 Å². The summed E-state index contributed by atoms with van der Waals surface area (Å²) in [5.74, 6) is 0. The third-order valence-corrected chi connectivity index (χ3v) is 5.25. The number of aromatic nitrogens is 1. The topological polar surface area (TPSA) is 83.3 Å². The summed E-state index contributed by atoms with van der Waals surface area (Å²) in [7, 11) is -3.60. The van der Waals surface area contributed by atoms with Gasteiger partial charge in [-0.15, -0.1) is 0 Å². The Balaban J connectivity index is 2.34. The Labute approximate surface area is 119 Å². The van der Waals surface area contributed by atoms with E-state index in [9.17, 15) is 8.42 Å². The van der Waals surface area contributed by atoms with Crippen LogP contribution in [0.1, 0.15) is 26.0 Å². The second-order valence-electron chi connectivity index (χ2n) is 4.77. The summed E-state index contributed by atoms with van der Waals surface area (Å²) < 4.78 is 32.3. The Hall–Kier alpha value is -1.49. The Morgan fingerprint density at radius 2 is 2.30 bits per heavy atom. The molecule has 7 heteroatoms. The Kier molecular flexibility index (Phi) is 4.38. The van der Waals surface area contributed by atoms with Crippen LogP contribution in [0.3, 0.4) is 0 Å². The zero-order chi connectivity index (χ0) is 14.8. The predicted molar refractivity (Wildman–Crippen MR) is 72.3 cm³/mol. The van der Waals surface area contributed by atoms with E-state index in [4.69, 9.17) is 10.00 Å². The molecule has 0 radical (unpaired) electrons. The van der Waals surface area contributed by atoms with Gasteiger partial charge in [0.05, 0.1) is 12.7 Å². The molecule has 2 rings (SSSR count). The van der Waals surface area contributed by atoms with Crippen molar-refractivity contribution in [2.24, 2.45) is 0 Å². The average molecular weight is 295 g/mol. The van der Waals surface area contributed by atoms with Crippen LogP contribution in [0.5, 0.6) is 0 Å². The molecule has 1 aliphatic heterocycles. The first-order valence-electron chi connectivity index (χ1n) is 6.48. The molecule has 1 aliphatic rings. The molecule has 1 aromatic rings. The van der Waals surface area contributed by atoms with Crippen LogP contribution in [0.25, 0.3) is 0 Å². The van der Waals surface area contributed by atoms with Gasteiger partial charge in [0, 0.05) is 18.8 Å². The first-order valence-corrected chi connectivity index (χ1v) is 7.92. The second-order valence-corrected chi connectivity index (χ2v) is 6.66. The number of nitriles is 1. The minimum absolute atomic E-state index is 0.115. The van der Waals surface area contributed by atoms with Crippen LogP contribution in [0.4, 0.5) is 0 Å². The predicted octanol–water partition coefficient (Wildman–Crippen LogP) is 1.14. The maximum atomic E-state index is 12.6. The summed E-state index contributed by atoms with van der Waals surface area (Å²) >= 11 is 0. The number of sulfonamides is 1. The van der Waals surface area contributed by atoms with Gasteiger partial charge in [0.25, 0.3) is 0 Å². The van der Waals surface area contributed by atoms with Crippen molar-refractivity contribution < 1.29 is 13.2 Å². The molecule has 20 heavy (non-hydrogen) atoms. The van der Waals surface area contributed by atoms with Gasteiger partial charge in [-0.05, 0) is 25.5 Å². The maximum Gasteiger partial charge on any atom is 0.245 e. The Morgan fingerprint density at radius 3 is 2.85 bits per heavy atom. The summed E-state index contributed by atoms with van der Waals surface area (Å²) in [6, 6.07) is 4.55. The average Bonchev–Trinajstić information content (AvgIpc) is 2.47. The molecule has 0 aliphatic carbocycles. The molecule has 1 aromatic heterocycles. The number of nitrogens with zero attached hydrogens (tertiary/aromatic N) is 3. The lowest BCUT2D eigenvalue weighted by Crippen LogP contribution is -2.51. The second kappa shape index (κ2) is 5.87. The van der Waals surface area contributed by atoms with Gasteiger partial charge in [-0.3, -0.25) is 0 Å². The van der Waals surface area contributed by atoms with E-state index in [-0.39, 0.29) is 22.7 Å². The van der Waals surface area contributed by atoms with E-state index in [1.807, 2.05) is 19.9 Å². The van der Waals surface area contributed by atoms with Gasteiger partial charge in [-0.2, -0.15) is 9.57 Å². The highest BCUT2D eigenvalue weighted by Gasteiger charge is 2.35. The number of hydrogen-bond acceptors (Lipinski definition) is 5. The van der Waals surface area contributed by atoms with Gasteiger partial charge >= 0.3 is 0 Å². The third kappa shape index (κ3) is 2.82. The number of rotatable bonds is 3. The standard InChI is InChI=1S/C13H17N3O3S/c1-3-12-9-19-10(2)8-16(12)20(17,18)13-5-4-11(6-14)15-7-13/h4-5,7,10,12H,3,8-9H2,1-2H3. The van der Waals surface area contributed by atoms with E-state index < -0.39 is 10.0 Å². The number of ether oxygens (including phenoxy) is 1. The lowest BCUT2D eigenvalue weighted by atomic mass is 10.2. The Bertz CT molecular complexity index is 607. The summed E-state index contributed by atoms with van der Waals surface area (Å²) in [5.41, 5.74) is 0.200. The molecule has 108 valence electrons. The van der Waals surface area contributed by atoms with E-state index in [1.54, 1.807) is 0 Å². The molecule has 1 fully saturated rings. The molecule has 2 atom stereocenters. The molecule has 0 aromatic carbocycles. The molecular formula is C13H17N3O3S. The molecule has 0 saturated carbocycles. The zero-order valence-electron chi connectivity index (χ0n) is 11.5. The maximum absolute atomic E-state index is 12.6. The molecule has 6 nitrogen and oxygen atoms in total. The number of hydrogen-bond donors (Lipinski definition) is 0. The van der Waals surface area contributed by atoms with Gasteiger partial charge in [-0.25, -0.2) is 13.4 Å². The fourth-order valence-corrected chi connectivity index (χ4v) is 3.87. The molecule has 0 amide bonds. The SMILES string of the molecule is CCC1COC(C)CN1S(=O)(=O)c1ccc(C#N)nc1. The van der Waals surface area contributed by atoms with E-state index in [0.29, 0.717) is 19.6 Å². The van der Waals surface area contributed by atoms with Crippen molar-refractivity contribution in [3.05, 3.63) is 24.0 Å². The molecule has 2 unspecified atom stereocenters. The lowest BCUT2D eigenvalue weighted by Gasteiger charge is -2.37. The first kappa shape index (κ1) is 14.9. The molecule has 0 bridgehead atoms. The van der Waals surface area contributed by atoms with Crippen molar-refractivity contribution in [1.29, 1.82) is 5.26 Å². The smallest absolute Gasteiger partial charge is 0.245 e. The minimum Gasteiger partial charge on any atom is -0.375 e. The van der Waals surface area contributed by atoms with E-state index in [1.165, 1.54) is 22.6 Å². The molecule has 2 heterocycles. The zero-order valence-corrected chi connectivity index (χ0v) is 12.3. The summed E-state index contributed by atoms with van der Waals surface area (Å²) in [4.78, 5) is 3.94. The summed E-state index contributed by atoms with van der Waals surface area (Å²) in [6.45, 7) is 4.52. The fraction of sp³-hybridized carbons (Fsp3) is 0.538. The highest BCUT2D eigenvalue weighted by molar-refractivity contribution is 7.89. The van der Waals surface area contributed by atoms with Gasteiger partial charge < -0.3 is 4.74 Å². The van der Waals surface area contributed by atoms with Crippen molar-refractivity contribution in [3.63, 3.8) is 0 Å². The molecule has 0 N–H and O–H groups in total. The molecule has 0 spiro atoms. The van der Waals surface area contributed by atoms with E-state index in [2.05, 4.69) is 4.98 Å². The highest BCUT2D eigenvalue weighted by Crippen LogP contribution is 2.23. The minimum atomic E-state index is -3.60. The van der Waals surface area contributed by atoms with Crippen molar-refractivity contribution in [3.8, 4) is 6.07 Å². The quantitative estimate of drug-likeness (QED) is 0.835. The number of pyridine rings is 1. The lowest BCUT2D eigenvalue weighted by molar-refractivity contribution is -0.0230. The van der Waals surface area contributed by atoms with Crippen LogP contribution in [0, 0.1) is 11.3 Å². The monoisotopic (exact) mass is 295 g/mol. The first-order chi connectivity index (χ1) is 9.48. The van der Waals surface area contributed by atoms with Crippen molar-refractivity contribution >= 4 is 10.0 Å². The summed E-state index contributed by atoms with van der Waals surface area (Å²) in [5, 5.41) is 8.71. The van der Waals surface area contributed by atoms with Crippen molar-refractivity contribution in [1.82, 2.24) is 9.29 Å². The van der Waals surface area contributed by atoms with E-state index >= 15 is 0 Å². The van der Waals surface area contributed by atoms with Crippen LogP contribution in [-0.2, 0) is 14.8 Å². The van der Waals surface area contributed by atoms with Gasteiger partial charge in [-0.1, -0.05) is 6.92 Å². The highest BCUT2D eigenvalue weighted by atomic mass is 32.2.